The third-order valence-corrected chi connectivity index (χ3v) is 15.3. The van der Waals surface area contributed by atoms with Gasteiger partial charge in [0.1, 0.15) is 35.9 Å². The number of hydrogen-bond acceptors (Lipinski definition) is 13. The van der Waals surface area contributed by atoms with Gasteiger partial charge in [-0.1, -0.05) is 76.1 Å². The molecule has 0 aromatic carbocycles. The van der Waals surface area contributed by atoms with Crippen LogP contribution in [0.1, 0.15) is 93.9 Å². The molecule has 6 aliphatic heterocycles. The van der Waals surface area contributed by atoms with Crippen molar-refractivity contribution in [3.63, 3.8) is 0 Å². The number of allylic oxidation sites excluding steroid dienone is 3. The Hall–Kier alpha value is -2.27. The van der Waals surface area contributed by atoms with E-state index < -0.39 is 41.6 Å². The zero-order valence-corrected chi connectivity index (χ0v) is 37.9. The van der Waals surface area contributed by atoms with E-state index in [2.05, 4.69) is 59.8 Å². The number of esters is 1. The van der Waals surface area contributed by atoms with Gasteiger partial charge in [0.25, 0.3) is 0 Å². The molecule has 6 heterocycles. The Morgan fingerprint density at radius 1 is 0.934 bits per heavy atom. The first-order chi connectivity index (χ1) is 29.1. The fraction of sp³-hybridized carbons (Fsp3) is 0.771. The first-order valence-corrected chi connectivity index (χ1v) is 22.8. The third kappa shape index (κ3) is 9.05. The van der Waals surface area contributed by atoms with E-state index in [-0.39, 0.29) is 91.1 Å². The smallest absolute Gasteiger partial charge is 0.316 e. The van der Waals surface area contributed by atoms with Crippen LogP contribution in [-0.4, -0.2) is 122 Å². The molecule has 2 bridgehead atoms. The Morgan fingerprint density at radius 2 is 1.66 bits per heavy atom. The lowest BCUT2D eigenvalue weighted by Gasteiger charge is -2.49. The lowest BCUT2D eigenvalue weighted by molar-refractivity contribution is -0.300. The zero-order valence-electron chi connectivity index (χ0n) is 37.9. The van der Waals surface area contributed by atoms with E-state index in [1.54, 1.807) is 27.2 Å². The zero-order chi connectivity index (χ0) is 44.0. The number of carbonyl (C=O) groups is 1. The van der Waals surface area contributed by atoms with E-state index in [1.165, 1.54) is 0 Å². The van der Waals surface area contributed by atoms with Crippen molar-refractivity contribution in [2.45, 2.75) is 179 Å². The standard InChI is InChI=1S/C48H73NO12/c1-11-25(2)43-28(5)17-18-47(60-43)23-34-20-33(59-47)16-15-27(4)40(37-21-36(53-9)41(30(7)56-37)38-22-39(54-10)44(61-49)31(8)57-38)26(3)13-12-14-32-24-55-45-42(50)29(6)19-35(46(51)58-34)48(32,45)52/h12-15,17-19,25-26,28,30-31,33-45,50,52H,11,16,20-24,49H2,1-10H3/b13-12+,27-15+,32-14+/t25?,26-,28-,30-,31-,33+,34-,35-,36-,37+,38+,39?,40?,41?,42+,43+,44-,45+,47+,48+/m0/s1. The van der Waals surface area contributed by atoms with Crippen molar-refractivity contribution >= 4 is 5.97 Å². The van der Waals surface area contributed by atoms with Crippen LogP contribution in [0.5, 0.6) is 0 Å². The molecule has 20 atom stereocenters. The van der Waals surface area contributed by atoms with Gasteiger partial charge in [0.15, 0.2) is 5.79 Å². The van der Waals surface area contributed by atoms with Crippen LogP contribution in [0.25, 0.3) is 0 Å². The van der Waals surface area contributed by atoms with Crippen LogP contribution in [0, 0.1) is 35.5 Å². The van der Waals surface area contributed by atoms with Crippen LogP contribution in [0.2, 0.25) is 0 Å². The van der Waals surface area contributed by atoms with Gasteiger partial charge < -0.3 is 48.1 Å². The minimum atomic E-state index is -1.81. The average molecular weight is 856 g/mol. The van der Waals surface area contributed by atoms with Crippen molar-refractivity contribution in [2.75, 3.05) is 20.8 Å². The van der Waals surface area contributed by atoms with Gasteiger partial charge in [0.05, 0.1) is 55.4 Å². The maximum absolute atomic E-state index is 14.4. The van der Waals surface area contributed by atoms with E-state index in [4.69, 9.17) is 48.6 Å². The number of hydrogen-bond donors (Lipinski definition) is 3. The van der Waals surface area contributed by atoms with E-state index in [0.717, 1.165) is 12.0 Å². The summed E-state index contributed by atoms with van der Waals surface area (Å²) in [7, 11) is 3.44. The molecule has 13 heteroatoms. The highest BCUT2D eigenvalue weighted by atomic mass is 16.7. The first-order valence-electron chi connectivity index (χ1n) is 22.8. The lowest BCUT2D eigenvalue weighted by Crippen LogP contribution is -2.58. The lowest BCUT2D eigenvalue weighted by atomic mass is 9.71. The minimum absolute atomic E-state index is 0.0279. The Balaban J connectivity index is 1.24. The van der Waals surface area contributed by atoms with Gasteiger partial charge >= 0.3 is 5.97 Å². The summed E-state index contributed by atoms with van der Waals surface area (Å²) in [5.41, 5.74) is 0.403. The van der Waals surface area contributed by atoms with Crippen molar-refractivity contribution in [1.82, 2.24) is 0 Å². The number of methoxy groups -OCH3 is 2. The van der Waals surface area contributed by atoms with Crippen molar-refractivity contribution in [3.05, 3.63) is 59.3 Å². The third-order valence-electron chi connectivity index (χ3n) is 15.3. The SMILES string of the molecule is CCC(C)[C@H]1O[C@]2(C=C[C@@H]1C)C[C@@H]1C[C@@H](C/C=C(\C)C([C@H]3C[C@H](OC)C([C@H]4CC(OC)[C@@H](ON)[C@H](C)O4)[C@H](C)O3)[C@@H](C)/C=C/C=C3\CO[C@@H]4[C@H](O)C(C)=C[C@@H](C(=O)O1)[C@]34O)O2. The van der Waals surface area contributed by atoms with Gasteiger partial charge in [-0.15, -0.1) is 0 Å². The summed E-state index contributed by atoms with van der Waals surface area (Å²) in [5.74, 6) is 3.24. The fourth-order valence-corrected chi connectivity index (χ4v) is 11.7. The van der Waals surface area contributed by atoms with Crippen molar-refractivity contribution in [1.29, 1.82) is 0 Å². The number of aliphatic hydroxyl groups excluding tert-OH is 1. The molecule has 0 saturated carbocycles. The molecular weight excluding hydrogens is 783 g/mol. The number of rotatable bonds is 7. The second-order valence-electron chi connectivity index (χ2n) is 19.2. The molecule has 7 rings (SSSR count). The number of ether oxygens (including phenoxy) is 8. The summed E-state index contributed by atoms with van der Waals surface area (Å²) in [6.07, 6.45) is 12.7. The van der Waals surface area contributed by atoms with Crippen LogP contribution >= 0.6 is 0 Å². The van der Waals surface area contributed by atoms with Gasteiger partial charge in [0, 0.05) is 57.7 Å². The van der Waals surface area contributed by atoms with E-state index in [9.17, 15) is 15.0 Å². The van der Waals surface area contributed by atoms with Crippen molar-refractivity contribution < 1.29 is 57.7 Å². The molecule has 0 aromatic rings. The summed E-state index contributed by atoms with van der Waals surface area (Å²) >= 11 is 0. The number of nitrogens with two attached hydrogens (primary N) is 1. The molecule has 342 valence electrons. The maximum atomic E-state index is 14.4. The summed E-state index contributed by atoms with van der Waals surface area (Å²) in [6, 6.07) is 0. The predicted molar refractivity (Wildman–Crippen MR) is 228 cm³/mol. The minimum Gasteiger partial charge on any atom is -0.462 e. The Kier molecular flexibility index (Phi) is 14.6. The van der Waals surface area contributed by atoms with Gasteiger partial charge in [-0.05, 0) is 63.2 Å². The highest BCUT2D eigenvalue weighted by molar-refractivity contribution is 5.78. The van der Waals surface area contributed by atoms with Crippen LogP contribution in [0.15, 0.2) is 59.3 Å². The van der Waals surface area contributed by atoms with Gasteiger partial charge in [0.2, 0.25) is 0 Å². The molecule has 1 aliphatic carbocycles. The largest absolute Gasteiger partial charge is 0.462 e. The molecule has 4 N–H and O–H groups in total. The average Bonchev–Trinajstić information content (AvgIpc) is 3.57. The number of aliphatic hydroxyl groups is 2. The molecule has 1 spiro atoms. The summed E-state index contributed by atoms with van der Waals surface area (Å²) in [6.45, 7) is 16.8. The normalized spacial score (nSPS) is 49.8. The first kappa shape index (κ1) is 46.7. The van der Waals surface area contributed by atoms with Gasteiger partial charge in [-0.2, -0.15) is 0 Å². The quantitative estimate of drug-likeness (QED) is 0.159. The van der Waals surface area contributed by atoms with Crippen LogP contribution < -0.4 is 5.90 Å². The molecule has 61 heavy (non-hydrogen) atoms. The molecule has 0 amide bonds. The predicted octanol–water partition coefficient (Wildman–Crippen LogP) is 5.82. The van der Waals surface area contributed by atoms with E-state index >= 15 is 0 Å². The fourth-order valence-electron chi connectivity index (χ4n) is 11.7. The van der Waals surface area contributed by atoms with E-state index in [1.807, 2.05) is 25.2 Å². The Bertz CT molecular complexity index is 1710. The molecule has 0 radical (unpaired) electrons. The topological polar surface area (TPSA) is 167 Å². The van der Waals surface area contributed by atoms with Crippen LogP contribution in [-0.2, 0) is 47.5 Å². The highest BCUT2D eigenvalue weighted by Gasteiger charge is 2.60. The Morgan fingerprint density at radius 3 is 2.36 bits per heavy atom. The molecule has 13 nitrogen and oxygen atoms in total. The molecule has 7 aliphatic rings. The second kappa shape index (κ2) is 19.1. The molecule has 4 unspecified atom stereocenters. The van der Waals surface area contributed by atoms with Gasteiger partial charge in [-0.3, -0.25) is 9.63 Å². The summed E-state index contributed by atoms with van der Waals surface area (Å²) < 4.78 is 52.1. The Labute approximate surface area is 362 Å². The van der Waals surface area contributed by atoms with Crippen molar-refractivity contribution in [3.8, 4) is 0 Å². The second-order valence-corrected chi connectivity index (χ2v) is 19.2. The summed E-state index contributed by atoms with van der Waals surface area (Å²) in [4.78, 5) is 19.7. The number of fused-ring (bicyclic) bond motifs is 2. The number of carbonyl (C=O) groups excluding carboxylic acids is 1. The van der Waals surface area contributed by atoms with Crippen molar-refractivity contribution in [2.24, 2.45) is 41.4 Å². The monoisotopic (exact) mass is 856 g/mol. The molecule has 4 saturated heterocycles. The molecule has 0 aromatic heterocycles. The van der Waals surface area contributed by atoms with Gasteiger partial charge in [-0.25, -0.2) is 5.90 Å². The molecular formula is C48H73NO12. The van der Waals surface area contributed by atoms with Crippen LogP contribution in [0.3, 0.4) is 0 Å². The highest BCUT2D eigenvalue weighted by Crippen LogP contribution is 2.48. The molecule has 4 fully saturated rings. The van der Waals surface area contributed by atoms with E-state index in [0.29, 0.717) is 43.3 Å². The maximum Gasteiger partial charge on any atom is 0.316 e. The summed E-state index contributed by atoms with van der Waals surface area (Å²) in [5, 5.41) is 23.8. The van der Waals surface area contributed by atoms with Crippen LogP contribution in [0.4, 0.5) is 0 Å².